The van der Waals surface area contributed by atoms with E-state index in [1.807, 2.05) is 0 Å². The maximum absolute atomic E-state index is 12.3. The van der Waals surface area contributed by atoms with Gasteiger partial charge in [-0.15, -0.1) is 0 Å². The van der Waals surface area contributed by atoms with E-state index in [0.29, 0.717) is 38.5 Å². The van der Waals surface area contributed by atoms with E-state index in [0.717, 1.165) is 19.3 Å². The predicted molar refractivity (Wildman–Crippen MR) is 225 cm³/mol. The Balaban J connectivity index is 1.04. The second-order valence-corrected chi connectivity index (χ2v) is 23.8. The van der Waals surface area contributed by atoms with Crippen LogP contribution in [0.5, 0.6) is 0 Å². The molecule has 0 amide bonds. The van der Waals surface area contributed by atoms with Crippen molar-refractivity contribution in [3.05, 3.63) is 0 Å². The zero-order valence-electron chi connectivity index (χ0n) is 39.2. The average Bonchev–Trinajstić information content (AvgIpc) is 3.60. The normalized spacial score (nSPS) is 58.7. The smallest absolute Gasteiger partial charge is 0.187 e. The molecule has 65 heavy (non-hydrogen) atoms. The Bertz CT molecular complexity index is 1750. The summed E-state index contributed by atoms with van der Waals surface area (Å²) in [5, 5.41) is 120. The Morgan fingerprint density at radius 2 is 1.31 bits per heavy atom. The lowest BCUT2D eigenvalue weighted by molar-refractivity contribution is -0.366. The van der Waals surface area contributed by atoms with Gasteiger partial charge in [-0.05, 0) is 124 Å². The van der Waals surface area contributed by atoms with Gasteiger partial charge >= 0.3 is 0 Å². The van der Waals surface area contributed by atoms with Crippen molar-refractivity contribution in [1.29, 1.82) is 0 Å². The van der Waals surface area contributed by atoms with Crippen LogP contribution in [0.15, 0.2) is 0 Å². The van der Waals surface area contributed by atoms with E-state index >= 15 is 0 Å². The maximum atomic E-state index is 12.3. The molecule has 0 aromatic heterocycles. The number of hydrogen-bond donors (Lipinski definition) is 11. The number of aliphatic hydroxyl groups is 11. The highest BCUT2D eigenvalue weighted by Gasteiger charge is 2.85. The van der Waals surface area contributed by atoms with Gasteiger partial charge in [0.05, 0.1) is 54.9 Å². The summed E-state index contributed by atoms with van der Waals surface area (Å²) in [5.41, 5.74) is -3.65. The Hall–Kier alpha value is -0.720. The van der Waals surface area contributed by atoms with Crippen LogP contribution in [0.2, 0.25) is 0 Å². The maximum Gasteiger partial charge on any atom is 0.187 e. The van der Waals surface area contributed by atoms with Crippen molar-refractivity contribution in [2.75, 3.05) is 13.2 Å². The third-order valence-electron chi connectivity index (χ3n) is 19.7. The van der Waals surface area contributed by atoms with Crippen LogP contribution in [-0.2, 0) is 33.2 Å². The fraction of sp³-hybridized carbons (Fsp3) is 1.00. The first-order valence-electron chi connectivity index (χ1n) is 24.2. The molecule has 374 valence electrons. The van der Waals surface area contributed by atoms with Gasteiger partial charge in [-0.25, -0.2) is 0 Å². The summed E-state index contributed by atoms with van der Waals surface area (Å²) in [7, 11) is 0. The second kappa shape index (κ2) is 16.4. The fourth-order valence-corrected chi connectivity index (χ4v) is 16.3. The van der Waals surface area contributed by atoms with Crippen LogP contribution in [0, 0.1) is 44.8 Å². The van der Waals surface area contributed by atoms with Crippen molar-refractivity contribution in [3.8, 4) is 0 Å². The standard InChI is InChI=1S/C47H78O18/c1-20-28(51)31(54)33(56)38(60-20)64-35-29(52)22(50)18-59-40(35)63-26-10-12-47-19-46(47)14-13-43(6)36(45(8)11-9-27(65-45)42(4,5)58)21(49)16-44(43,7)25(46)15-23(37(47)41(26,2)3)61-39-34(57)32(55)30(53)24(17-48)62-39/h20-40,48-58H,9-19H2,1-8H3/t20-,21-,22+,23-,24+,25-,26-,27-,28-,29-,30-,31-,32-,33+,34-,35+,36-,37-,38-,39-,40-,43+,44-,45+,46-,47+/m0/s1. The molecule has 4 aliphatic heterocycles. The summed E-state index contributed by atoms with van der Waals surface area (Å²) in [5.74, 6) is -0.425. The van der Waals surface area contributed by atoms with E-state index in [4.69, 9.17) is 33.2 Å². The molecule has 4 saturated heterocycles. The molecule has 9 rings (SSSR count). The van der Waals surface area contributed by atoms with Crippen LogP contribution in [0.25, 0.3) is 0 Å². The van der Waals surface area contributed by atoms with E-state index < -0.39 is 133 Å². The highest BCUT2D eigenvalue weighted by atomic mass is 16.8. The topological polar surface area (TPSA) is 287 Å². The summed E-state index contributed by atoms with van der Waals surface area (Å²) in [6, 6.07) is 0. The van der Waals surface area contributed by atoms with E-state index in [1.165, 1.54) is 6.92 Å². The van der Waals surface area contributed by atoms with Crippen molar-refractivity contribution in [2.24, 2.45) is 44.8 Å². The third-order valence-corrected chi connectivity index (χ3v) is 19.7. The summed E-state index contributed by atoms with van der Waals surface area (Å²) < 4.78 is 44.5. The number of aliphatic hydroxyl groups excluding tert-OH is 10. The third kappa shape index (κ3) is 7.23. The predicted octanol–water partition coefficient (Wildman–Crippen LogP) is -0.424. The van der Waals surface area contributed by atoms with E-state index in [2.05, 4.69) is 34.6 Å². The van der Waals surface area contributed by atoms with E-state index in [1.54, 1.807) is 13.8 Å². The molecule has 11 N–H and O–H groups in total. The van der Waals surface area contributed by atoms with Crippen LogP contribution in [0.1, 0.15) is 113 Å². The van der Waals surface area contributed by atoms with Crippen LogP contribution >= 0.6 is 0 Å². The largest absolute Gasteiger partial charge is 0.394 e. The number of ether oxygens (including phenoxy) is 7. The van der Waals surface area contributed by atoms with Crippen LogP contribution < -0.4 is 0 Å². The van der Waals surface area contributed by atoms with Crippen molar-refractivity contribution >= 4 is 0 Å². The lowest BCUT2D eigenvalue weighted by Gasteiger charge is -2.65. The van der Waals surface area contributed by atoms with Gasteiger partial charge in [0.25, 0.3) is 0 Å². The molecule has 18 nitrogen and oxygen atoms in total. The first-order chi connectivity index (χ1) is 30.2. The van der Waals surface area contributed by atoms with Crippen molar-refractivity contribution < 1.29 is 89.3 Å². The molecule has 0 aromatic carbocycles. The van der Waals surface area contributed by atoms with Gasteiger partial charge < -0.3 is 89.3 Å². The molecular formula is C47H78O18. The first kappa shape index (κ1) is 49.3. The van der Waals surface area contributed by atoms with E-state index in [-0.39, 0.29) is 46.7 Å². The molecule has 0 aromatic rings. The first-order valence-corrected chi connectivity index (χ1v) is 24.2. The Kier molecular flexibility index (Phi) is 12.4. The van der Waals surface area contributed by atoms with Crippen LogP contribution in [0.3, 0.4) is 0 Å². The summed E-state index contributed by atoms with van der Waals surface area (Å²) >= 11 is 0. The fourth-order valence-electron chi connectivity index (χ4n) is 16.3. The van der Waals surface area contributed by atoms with Gasteiger partial charge in [0.15, 0.2) is 18.9 Å². The lowest BCUT2D eigenvalue weighted by Crippen LogP contribution is -2.66. The summed E-state index contributed by atoms with van der Waals surface area (Å²) in [4.78, 5) is 0. The van der Waals surface area contributed by atoms with Gasteiger partial charge in [0.1, 0.15) is 61.0 Å². The molecule has 2 spiro atoms. The van der Waals surface area contributed by atoms with Gasteiger partial charge in [-0.1, -0.05) is 27.7 Å². The highest BCUT2D eigenvalue weighted by Crippen LogP contribution is 2.89. The van der Waals surface area contributed by atoms with Gasteiger partial charge in [0, 0.05) is 5.92 Å². The second-order valence-electron chi connectivity index (χ2n) is 23.8. The van der Waals surface area contributed by atoms with E-state index in [9.17, 15) is 56.2 Å². The average molecular weight is 931 g/mol. The number of fused-ring (bicyclic) bond motifs is 2. The molecule has 9 aliphatic rings. The Labute approximate surface area is 381 Å². The number of rotatable bonds is 9. The van der Waals surface area contributed by atoms with Gasteiger partial charge in [0.2, 0.25) is 0 Å². The SMILES string of the molecule is C[C@@H]1O[C@@H](O[C@H]2[C@H](O[C@H]3CC[C@]45C[C@]46CC[C@]4(C)[C@@H]([C@@]7(C)CC[C@@H](C(C)(C)O)O7)[C@@H](O)C[C@@]4(C)[C@@H]6C[C@H](O[C@H]4O[C@H](CO)[C@H](O)[C@H](O)[C@@H]4O)[C@H]5C3(C)C)OC[C@@H](O)[C@@H]2O)[C@H](O)[C@@H](O)[C@H]1O. The number of hydrogen-bond acceptors (Lipinski definition) is 18. The minimum absolute atomic E-state index is 0.0390. The van der Waals surface area contributed by atoms with Gasteiger partial charge in [-0.3, -0.25) is 0 Å². The lowest BCUT2D eigenvalue weighted by atomic mass is 9.41. The zero-order valence-corrected chi connectivity index (χ0v) is 39.2. The van der Waals surface area contributed by atoms with Crippen LogP contribution in [0.4, 0.5) is 0 Å². The Morgan fingerprint density at radius 3 is 1.95 bits per heavy atom. The van der Waals surface area contributed by atoms with Crippen molar-refractivity contribution in [3.63, 3.8) is 0 Å². The van der Waals surface area contributed by atoms with Crippen molar-refractivity contribution in [2.45, 2.75) is 235 Å². The van der Waals surface area contributed by atoms with Crippen molar-refractivity contribution in [1.82, 2.24) is 0 Å². The Morgan fingerprint density at radius 1 is 0.646 bits per heavy atom. The van der Waals surface area contributed by atoms with Gasteiger partial charge in [-0.2, -0.15) is 0 Å². The molecule has 26 atom stereocenters. The minimum atomic E-state index is -1.69. The summed E-state index contributed by atoms with van der Waals surface area (Å²) in [6.07, 6.45) is -16.0. The summed E-state index contributed by atoms with van der Waals surface area (Å²) in [6.45, 7) is 15.1. The minimum Gasteiger partial charge on any atom is -0.394 e. The molecule has 18 heteroatoms. The molecule has 9 fully saturated rings. The molecule has 5 aliphatic carbocycles. The molecule has 5 saturated carbocycles. The molecule has 0 unspecified atom stereocenters. The molecular weight excluding hydrogens is 852 g/mol. The quantitative estimate of drug-likeness (QED) is 0.131. The molecule has 0 radical (unpaired) electrons. The molecule has 0 bridgehead atoms. The van der Waals surface area contributed by atoms with Crippen LogP contribution in [-0.4, -0.2) is 191 Å². The highest BCUT2D eigenvalue weighted by molar-refractivity contribution is 5.33. The molecule has 4 heterocycles. The zero-order chi connectivity index (χ0) is 47.4. The monoisotopic (exact) mass is 931 g/mol.